The van der Waals surface area contributed by atoms with Gasteiger partial charge in [-0.15, -0.1) is 0 Å². The molecule has 0 bridgehead atoms. The number of nitrogens with two attached hydrogens (primary N) is 1. The van der Waals surface area contributed by atoms with Gasteiger partial charge in [-0.1, -0.05) is 19.8 Å². The number of anilines is 1. The van der Waals surface area contributed by atoms with Crippen LogP contribution in [0.3, 0.4) is 0 Å². The lowest BCUT2D eigenvalue weighted by Crippen LogP contribution is -2.50. The zero-order chi connectivity index (χ0) is 26.4. The van der Waals surface area contributed by atoms with E-state index in [0.717, 1.165) is 31.9 Å². The minimum absolute atomic E-state index is 0.00724. The molecule has 198 valence electrons. The number of alkyl carbamates (subject to hydrolysis) is 1. The Balaban J connectivity index is 2.10. The molecule has 1 aromatic rings. The molecule has 1 fully saturated rings. The fourth-order valence-electron chi connectivity index (χ4n) is 3.82. The highest BCUT2D eigenvalue weighted by Crippen LogP contribution is 2.31. The van der Waals surface area contributed by atoms with Gasteiger partial charge in [0.05, 0.1) is 6.20 Å². The molecule has 0 aromatic carbocycles. The summed E-state index contributed by atoms with van der Waals surface area (Å²) in [6.07, 6.45) is -1.13. The molecule has 8 nitrogen and oxygen atoms in total. The number of nitrogens with one attached hydrogen (secondary N) is 3. The predicted molar refractivity (Wildman–Crippen MR) is 123 cm³/mol. The van der Waals surface area contributed by atoms with E-state index in [2.05, 4.69) is 27.9 Å². The van der Waals surface area contributed by atoms with Crippen LogP contribution in [0, 0.1) is 17.7 Å². The Morgan fingerprint density at radius 2 is 1.83 bits per heavy atom. The maximum absolute atomic E-state index is 14.1. The van der Waals surface area contributed by atoms with Gasteiger partial charge in [0, 0.05) is 18.7 Å². The Bertz CT molecular complexity index is 868. The van der Waals surface area contributed by atoms with Gasteiger partial charge in [-0.3, -0.25) is 4.79 Å². The standard InChI is InChI=1S/C23H35F4N5O3/c1-13-5-7-14(8-6-13)19(32-21(34)35-22(2,3)4)20(33)31-18-9-15(16(24)11-30-18)10-29-12-17(28)23(25,26)27/h9,11,13-14,17,19,29H,5-8,10,12,28H2,1-4H3,(H,32,34)(H,30,31,33)/t13?,14?,17-,19-/m0/s1. The van der Waals surface area contributed by atoms with E-state index in [4.69, 9.17) is 10.5 Å². The van der Waals surface area contributed by atoms with Crippen molar-refractivity contribution in [2.24, 2.45) is 17.6 Å². The first kappa shape index (κ1) is 28.8. The summed E-state index contributed by atoms with van der Waals surface area (Å²) in [4.78, 5) is 29.4. The van der Waals surface area contributed by atoms with E-state index in [1.165, 1.54) is 6.07 Å². The largest absolute Gasteiger partial charge is 0.444 e. The molecule has 12 heteroatoms. The van der Waals surface area contributed by atoms with E-state index < -0.39 is 48.2 Å². The number of hydrogen-bond acceptors (Lipinski definition) is 6. The highest BCUT2D eigenvalue weighted by atomic mass is 19.4. The van der Waals surface area contributed by atoms with Crippen molar-refractivity contribution in [3.05, 3.63) is 23.6 Å². The summed E-state index contributed by atoms with van der Waals surface area (Å²) in [5, 5.41) is 7.70. The van der Waals surface area contributed by atoms with Crippen LogP contribution in [-0.2, 0) is 16.1 Å². The summed E-state index contributed by atoms with van der Waals surface area (Å²) in [6.45, 7) is 6.42. The molecule has 1 heterocycles. The number of halogens is 4. The fourth-order valence-corrected chi connectivity index (χ4v) is 3.82. The lowest BCUT2D eigenvalue weighted by Gasteiger charge is -2.32. The smallest absolute Gasteiger partial charge is 0.408 e. The van der Waals surface area contributed by atoms with Gasteiger partial charge in [0.1, 0.15) is 29.3 Å². The van der Waals surface area contributed by atoms with Crippen molar-refractivity contribution >= 4 is 17.8 Å². The van der Waals surface area contributed by atoms with Crippen LogP contribution in [0.15, 0.2) is 12.3 Å². The van der Waals surface area contributed by atoms with Crippen molar-refractivity contribution in [3.63, 3.8) is 0 Å². The third kappa shape index (κ3) is 9.60. The highest BCUT2D eigenvalue weighted by Gasteiger charge is 2.36. The number of carbonyl (C=O) groups is 2. The number of aromatic nitrogens is 1. The number of amides is 2. The van der Waals surface area contributed by atoms with Crippen LogP contribution in [0.4, 0.5) is 28.2 Å². The summed E-state index contributed by atoms with van der Waals surface area (Å²) < 4.78 is 57.1. The molecule has 1 aliphatic carbocycles. The average Bonchev–Trinajstić information content (AvgIpc) is 2.73. The molecule has 5 N–H and O–H groups in total. The second-order valence-corrected chi connectivity index (χ2v) is 10.1. The third-order valence-corrected chi connectivity index (χ3v) is 5.77. The summed E-state index contributed by atoms with van der Waals surface area (Å²) in [6, 6.07) is -1.76. The third-order valence-electron chi connectivity index (χ3n) is 5.77. The minimum atomic E-state index is -4.57. The van der Waals surface area contributed by atoms with E-state index >= 15 is 0 Å². The summed E-state index contributed by atoms with van der Waals surface area (Å²) >= 11 is 0. The molecular formula is C23H35F4N5O3. The lowest BCUT2D eigenvalue weighted by atomic mass is 9.79. The van der Waals surface area contributed by atoms with Crippen molar-refractivity contribution < 1.29 is 31.9 Å². The molecule has 0 spiro atoms. The number of ether oxygens (including phenoxy) is 1. The molecular weight excluding hydrogens is 470 g/mol. The number of rotatable bonds is 8. The maximum atomic E-state index is 14.1. The first-order chi connectivity index (χ1) is 16.2. The lowest BCUT2D eigenvalue weighted by molar-refractivity contribution is -0.146. The topological polar surface area (TPSA) is 118 Å². The molecule has 2 rings (SSSR count). The SMILES string of the molecule is CC1CCC([C@H](NC(=O)OC(C)(C)C)C(=O)Nc2cc(CNC[C@H](N)C(F)(F)F)c(F)cn2)CC1. The first-order valence-corrected chi connectivity index (χ1v) is 11.6. The van der Waals surface area contributed by atoms with Crippen molar-refractivity contribution in [1.82, 2.24) is 15.6 Å². The average molecular weight is 506 g/mol. The van der Waals surface area contributed by atoms with Gasteiger partial charge in [-0.25, -0.2) is 14.2 Å². The normalized spacial score (nSPS) is 20.6. The van der Waals surface area contributed by atoms with Crippen molar-refractivity contribution in [2.45, 2.75) is 83.8 Å². The molecule has 0 saturated heterocycles. The quantitative estimate of drug-likeness (QED) is 0.399. The molecule has 0 radical (unpaired) electrons. The molecule has 35 heavy (non-hydrogen) atoms. The van der Waals surface area contributed by atoms with Gasteiger partial charge in [-0.2, -0.15) is 13.2 Å². The first-order valence-electron chi connectivity index (χ1n) is 11.6. The van der Waals surface area contributed by atoms with Crippen LogP contribution in [0.25, 0.3) is 0 Å². The second-order valence-electron chi connectivity index (χ2n) is 10.1. The Kier molecular flexibility index (Phi) is 9.85. The Morgan fingerprint density at radius 3 is 2.40 bits per heavy atom. The molecule has 2 amide bonds. The summed E-state index contributed by atoms with van der Waals surface area (Å²) in [5.41, 5.74) is 4.30. The van der Waals surface area contributed by atoms with E-state index in [1.807, 2.05) is 0 Å². The van der Waals surface area contributed by atoms with Gasteiger partial charge in [0.2, 0.25) is 5.91 Å². The van der Waals surface area contributed by atoms with Gasteiger partial charge in [-0.05, 0) is 51.5 Å². The van der Waals surface area contributed by atoms with Crippen molar-refractivity contribution in [2.75, 3.05) is 11.9 Å². The van der Waals surface area contributed by atoms with Crippen LogP contribution < -0.4 is 21.7 Å². The number of pyridine rings is 1. The number of hydrogen-bond donors (Lipinski definition) is 4. The van der Waals surface area contributed by atoms with Crippen LogP contribution in [0.5, 0.6) is 0 Å². The molecule has 0 aliphatic heterocycles. The van der Waals surface area contributed by atoms with Gasteiger partial charge in [0.25, 0.3) is 0 Å². The van der Waals surface area contributed by atoms with E-state index in [0.29, 0.717) is 5.92 Å². The van der Waals surface area contributed by atoms with Gasteiger partial charge in [0.15, 0.2) is 0 Å². The maximum Gasteiger partial charge on any atom is 0.408 e. The molecule has 1 aromatic heterocycles. The summed E-state index contributed by atoms with van der Waals surface area (Å²) in [5.74, 6) is -0.873. The number of alkyl halides is 3. The number of nitrogens with zero attached hydrogens (tertiary/aromatic N) is 1. The fraction of sp³-hybridized carbons (Fsp3) is 0.696. The zero-order valence-corrected chi connectivity index (χ0v) is 20.5. The van der Waals surface area contributed by atoms with E-state index in [1.54, 1.807) is 20.8 Å². The predicted octanol–water partition coefficient (Wildman–Crippen LogP) is 3.86. The van der Waals surface area contributed by atoms with Crippen LogP contribution in [0.2, 0.25) is 0 Å². The Morgan fingerprint density at radius 1 is 1.20 bits per heavy atom. The van der Waals surface area contributed by atoms with Crippen molar-refractivity contribution in [1.29, 1.82) is 0 Å². The molecule has 1 saturated carbocycles. The Hall–Kier alpha value is -2.47. The van der Waals surface area contributed by atoms with Crippen LogP contribution in [-0.4, -0.2) is 47.4 Å². The second kappa shape index (κ2) is 12.0. The van der Waals surface area contributed by atoms with Crippen molar-refractivity contribution in [3.8, 4) is 0 Å². The summed E-state index contributed by atoms with van der Waals surface area (Å²) in [7, 11) is 0. The van der Waals surface area contributed by atoms with E-state index in [9.17, 15) is 27.2 Å². The number of carbonyl (C=O) groups excluding carboxylic acids is 2. The van der Waals surface area contributed by atoms with E-state index in [-0.39, 0.29) is 23.8 Å². The van der Waals surface area contributed by atoms with Gasteiger partial charge < -0.3 is 26.4 Å². The van der Waals surface area contributed by atoms with Crippen LogP contribution in [0.1, 0.15) is 58.9 Å². The van der Waals surface area contributed by atoms with Crippen LogP contribution >= 0.6 is 0 Å². The zero-order valence-electron chi connectivity index (χ0n) is 20.5. The minimum Gasteiger partial charge on any atom is -0.444 e. The highest BCUT2D eigenvalue weighted by molar-refractivity contribution is 5.96. The van der Waals surface area contributed by atoms with Gasteiger partial charge >= 0.3 is 12.3 Å². The monoisotopic (exact) mass is 505 g/mol. The molecule has 2 atom stereocenters. The molecule has 1 aliphatic rings. The Labute approximate surface area is 202 Å². The molecule has 0 unspecified atom stereocenters.